The maximum atomic E-state index is 11.9. The molecular weight excluding hydrogens is 843 g/mol. The molecule has 0 aliphatic heterocycles. The van der Waals surface area contributed by atoms with Gasteiger partial charge in [-0.15, -0.1) is 18.9 Å². The fourth-order valence-corrected chi connectivity index (χ4v) is 7.13. The van der Waals surface area contributed by atoms with Crippen molar-refractivity contribution < 1.29 is 57.2 Å². The highest BCUT2D eigenvalue weighted by atomic mass is 32.2. The second kappa shape index (κ2) is 19.6. The van der Waals surface area contributed by atoms with Gasteiger partial charge in [-0.3, -0.25) is 4.55 Å². The summed E-state index contributed by atoms with van der Waals surface area (Å²) in [6.45, 7) is 1.75. The number of aryl methyl sites for hydroxylation is 1. The quantitative estimate of drug-likeness (QED) is 0.0100. The molecule has 0 aliphatic rings. The molecular formula is C38H31N7O12S3. The van der Waals surface area contributed by atoms with E-state index in [1.165, 1.54) is 37.5 Å². The van der Waals surface area contributed by atoms with Gasteiger partial charge in [0, 0.05) is 22.0 Å². The lowest BCUT2D eigenvalue weighted by Crippen LogP contribution is -2.02. The van der Waals surface area contributed by atoms with Crippen molar-refractivity contribution in [2.75, 3.05) is 12.8 Å². The van der Waals surface area contributed by atoms with Crippen molar-refractivity contribution in [1.82, 2.24) is 0 Å². The van der Waals surface area contributed by atoms with E-state index in [1.807, 2.05) is 0 Å². The van der Waals surface area contributed by atoms with E-state index in [0.717, 1.165) is 6.07 Å². The number of azo groups is 3. The molecule has 0 saturated carbocycles. The monoisotopic (exact) mass is 873 g/mol. The van der Waals surface area contributed by atoms with Gasteiger partial charge >= 0.3 is 0 Å². The van der Waals surface area contributed by atoms with Crippen LogP contribution in [0.2, 0.25) is 0 Å². The third-order valence-electron chi connectivity index (χ3n) is 8.26. The number of nitrogens with two attached hydrogens (primary N) is 1. The van der Waals surface area contributed by atoms with Crippen LogP contribution in [0.15, 0.2) is 142 Å². The van der Waals surface area contributed by atoms with Crippen molar-refractivity contribution in [3.05, 3.63) is 114 Å². The summed E-state index contributed by atoms with van der Waals surface area (Å²) >= 11 is 1.21. The minimum Gasteiger partial charge on any atom is -0.508 e. The summed E-state index contributed by atoms with van der Waals surface area (Å²) in [7, 11) is -3.15. The van der Waals surface area contributed by atoms with Gasteiger partial charge in [0.2, 0.25) is 0 Å². The zero-order chi connectivity index (χ0) is 42.8. The predicted molar refractivity (Wildman–Crippen MR) is 221 cm³/mol. The van der Waals surface area contributed by atoms with Gasteiger partial charge in [0.25, 0.3) is 10.1 Å². The molecule has 0 fully saturated rings. The lowest BCUT2D eigenvalue weighted by Gasteiger charge is -2.10. The summed E-state index contributed by atoms with van der Waals surface area (Å²) < 4.78 is 48.4. The van der Waals surface area contributed by atoms with Crippen LogP contribution >= 0.6 is 24.1 Å². The van der Waals surface area contributed by atoms with Crippen LogP contribution in [-0.4, -0.2) is 40.8 Å². The van der Waals surface area contributed by atoms with Crippen LogP contribution in [0.1, 0.15) is 16.7 Å². The molecule has 7 N–H and O–H groups in total. The second-order valence-corrected chi connectivity index (χ2v) is 15.1. The largest absolute Gasteiger partial charge is 0.508 e. The number of phenolic OH excluding ortho intramolecular Hbond substituents is 2. The summed E-state index contributed by atoms with van der Waals surface area (Å²) in [5.41, 5.74) is 9.10. The Morgan fingerprint density at radius 2 is 1.28 bits per heavy atom. The topological polar surface area (TPSA) is 282 Å². The molecule has 22 heteroatoms. The number of ether oxygens (including phenoxy) is 1. The van der Waals surface area contributed by atoms with Gasteiger partial charge in [-0.2, -0.15) is 28.9 Å². The highest BCUT2D eigenvalue weighted by Crippen LogP contribution is 2.46. The van der Waals surface area contributed by atoms with Gasteiger partial charge in [-0.1, -0.05) is 34.4 Å². The van der Waals surface area contributed by atoms with Gasteiger partial charge in [0.1, 0.15) is 27.8 Å². The van der Waals surface area contributed by atoms with Crippen LogP contribution in [0.4, 0.5) is 39.8 Å². The maximum absolute atomic E-state index is 11.9. The summed E-state index contributed by atoms with van der Waals surface area (Å²) in [5.74, 6) is 0.0921. The molecule has 0 radical (unpaired) electrons. The third-order valence-corrected chi connectivity index (χ3v) is 10.4. The molecule has 0 bridgehead atoms. The summed E-state index contributed by atoms with van der Waals surface area (Å²) in [5, 5.41) is 72.7. The molecule has 0 atom stereocenters. The number of methoxy groups -OCH3 is 1. The Hall–Kier alpha value is -6.31. The maximum Gasteiger partial charge on any atom is 0.295 e. The van der Waals surface area contributed by atoms with Crippen LogP contribution in [-0.2, 0) is 28.9 Å². The van der Waals surface area contributed by atoms with Crippen molar-refractivity contribution in [1.29, 1.82) is 0 Å². The first-order valence-electron chi connectivity index (χ1n) is 16.9. The highest BCUT2D eigenvalue weighted by molar-refractivity contribution is 7.95. The van der Waals surface area contributed by atoms with E-state index in [2.05, 4.69) is 49.4 Å². The number of rotatable bonds is 16. The Morgan fingerprint density at radius 3 is 2.00 bits per heavy atom. The van der Waals surface area contributed by atoms with E-state index >= 15 is 0 Å². The van der Waals surface area contributed by atoms with E-state index in [-0.39, 0.29) is 49.7 Å². The zero-order valence-electron chi connectivity index (χ0n) is 31.0. The lowest BCUT2D eigenvalue weighted by molar-refractivity contribution is -0.432. The van der Waals surface area contributed by atoms with Crippen molar-refractivity contribution in [3.63, 3.8) is 0 Å². The van der Waals surface area contributed by atoms with Crippen LogP contribution in [0.25, 0.3) is 22.9 Å². The number of hydrogen-bond donors (Lipinski definition) is 6. The number of nitrogen functional groups attached to an aromatic ring is 1. The minimum atomic E-state index is -4.58. The van der Waals surface area contributed by atoms with Crippen LogP contribution in [0, 0.1) is 6.92 Å². The van der Waals surface area contributed by atoms with Crippen LogP contribution in [0.5, 0.6) is 17.2 Å². The van der Waals surface area contributed by atoms with Gasteiger partial charge in [0.05, 0.1) is 58.8 Å². The molecule has 0 amide bonds. The Labute approximate surface area is 349 Å². The minimum absolute atomic E-state index is 0.0126. The van der Waals surface area contributed by atoms with Gasteiger partial charge in [-0.05, 0) is 108 Å². The molecule has 6 aromatic carbocycles. The zero-order valence-corrected chi connectivity index (χ0v) is 33.4. The van der Waals surface area contributed by atoms with Crippen molar-refractivity contribution in [3.8, 4) is 17.2 Å². The lowest BCUT2D eigenvalue weighted by atomic mass is 10.1. The Balaban J connectivity index is 1.26. The predicted octanol–water partition coefficient (Wildman–Crippen LogP) is 11.7. The average molecular weight is 874 g/mol. The normalized spacial score (nSPS) is 12.2. The molecule has 6 aromatic rings. The average Bonchev–Trinajstić information content (AvgIpc) is 3.23. The third kappa shape index (κ3) is 10.8. The number of anilines is 1. The van der Waals surface area contributed by atoms with Gasteiger partial charge < -0.3 is 20.7 Å². The molecule has 0 aliphatic carbocycles. The van der Waals surface area contributed by atoms with E-state index in [4.69, 9.17) is 21.0 Å². The number of hydrogen-bond acceptors (Lipinski definition) is 20. The molecule has 0 saturated heterocycles. The highest BCUT2D eigenvalue weighted by Gasteiger charge is 2.18. The number of aromatic hydroxyl groups is 2. The Kier molecular flexibility index (Phi) is 14.2. The van der Waals surface area contributed by atoms with Crippen molar-refractivity contribution >= 4 is 96.9 Å². The molecule has 0 unspecified atom stereocenters. The molecule has 60 heavy (non-hydrogen) atoms. The molecule has 308 valence electrons. The first kappa shape index (κ1) is 43.3. The van der Waals surface area contributed by atoms with E-state index < -0.39 is 10.1 Å². The molecule has 0 spiro atoms. The van der Waals surface area contributed by atoms with Gasteiger partial charge in [-0.25, -0.2) is 10.5 Å². The fourth-order valence-electron chi connectivity index (χ4n) is 5.41. The molecule has 19 nitrogen and oxygen atoms in total. The van der Waals surface area contributed by atoms with E-state index in [1.54, 1.807) is 79.7 Å². The SMILES string of the molecule is COc1cc(N=Nc2ccc(C=Cc3ccc(N)cc3S(=O)(=O)O)c(SOOO)c2)c(C)cc1N=Nc1c(SOOO)cc2cc(N=Nc3ccc(O)cc3)ccc2c1O. The Bertz CT molecular complexity index is 2770. The fraction of sp³-hybridized carbons (Fsp3) is 0.0526. The molecule has 0 aromatic heterocycles. The first-order valence-corrected chi connectivity index (χ1v) is 19.8. The smallest absolute Gasteiger partial charge is 0.295 e. The van der Waals surface area contributed by atoms with Crippen LogP contribution < -0.4 is 10.5 Å². The molecule has 6 rings (SSSR count). The number of fused-ring (bicyclic) bond motifs is 1. The van der Waals surface area contributed by atoms with Gasteiger partial charge in [0.15, 0.2) is 5.75 Å². The second-order valence-electron chi connectivity index (χ2n) is 12.2. The van der Waals surface area contributed by atoms with Crippen LogP contribution in [0.3, 0.4) is 0 Å². The standard InChI is InChI=1S/C38H31N7O12S3/c1-21-15-32(44-45-37-35(59-57-55-49)17-24-16-27(11-14-30(24)38(37)47)41-40-26-9-12-29(46)13-10-26)33(53-2)20-31(21)43-42-28-8-6-22(34(19-28)58-56-54-48)3-4-23-5-7-25(39)18-36(23)60(50,51)52/h3-20,46-49H,39H2,1-2H3,(H,50,51,52). The summed E-state index contributed by atoms with van der Waals surface area (Å²) in [6, 6.07) is 24.8. The first-order chi connectivity index (χ1) is 28.9. The number of phenols is 2. The van der Waals surface area contributed by atoms with Crippen molar-refractivity contribution in [2.24, 2.45) is 30.7 Å². The Morgan fingerprint density at radius 1 is 0.667 bits per heavy atom. The summed E-state index contributed by atoms with van der Waals surface area (Å²) in [4.78, 5) is 0.218. The van der Waals surface area contributed by atoms with Crippen molar-refractivity contribution in [2.45, 2.75) is 21.6 Å². The molecule has 0 heterocycles. The van der Waals surface area contributed by atoms with E-state index in [0.29, 0.717) is 73.6 Å². The van der Waals surface area contributed by atoms with E-state index in [9.17, 15) is 23.2 Å². The number of nitrogens with zero attached hydrogens (tertiary/aromatic N) is 6. The summed E-state index contributed by atoms with van der Waals surface area (Å²) in [6.07, 6.45) is 2.99. The number of benzene rings is 6.